The Morgan fingerprint density at radius 2 is 1.86 bits per heavy atom. The number of hydrogen-bond acceptors (Lipinski definition) is 4. The second kappa shape index (κ2) is 6.80. The van der Waals surface area contributed by atoms with E-state index in [1.807, 2.05) is 44.2 Å². The molecular weight excluding hydrogens is 350 g/mol. The molecule has 4 fully saturated rings. The summed E-state index contributed by atoms with van der Waals surface area (Å²) in [6.07, 6.45) is 6.94. The van der Waals surface area contributed by atoms with E-state index in [1.165, 1.54) is 0 Å². The van der Waals surface area contributed by atoms with E-state index in [2.05, 4.69) is 16.8 Å². The number of nitrogens with one attached hydrogen (secondary N) is 2. The summed E-state index contributed by atoms with van der Waals surface area (Å²) in [5.74, 6) is 1.88. The maximum absolute atomic E-state index is 12.2. The van der Waals surface area contributed by atoms with Crippen molar-refractivity contribution in [1.29, 1.82) is 5.26 Å². The highest BCUT2D eigenvalue weighted by Crippen LogP contribution is 2.60. The van der Waals surface area contributed by atoms with Crippen LogP contribution in [0.4, 0.5) is 5.69 Å². The molecule has 2 unspecified atom stereocenters. The number of hydrogen-bond donors (Lipinski definition) is 3. The molecular formula is C22H29N5O. The first-order valence-corrected chi connectivity index (χ1v) is 10.2. The summed E-state index contributed by atoms with van der Waals surface area (Å²) in [4.78, 5) is 17.3. The maximum atomic E-state index is 12.2. The number of amides is 1. The molecule has 28 heavy (non-hydrogen) atoms. The number of aliphatic imine (C=N–C) groups is 1. The molecule has 4 saturated carbocycles. The molecule has 0 aliphatic heterocycles. The Bertz CT molecular complexity index is 809. The fraction of sp³-hybridized carbons (Fsp3) is 0.591. The molecule has 0 heterocycles. The topological polar surface area (TPSA) is 103 Å². The number of amidine groups is 1. The zero-order valence-electron chi connectivity index (χ0n) is 16.6. The van der Waals surface area contributed by atoms with E-state index < -0.39 is 5.54 Å². The van der Waals surface area contributed by atoms with Gasteiger partial charge < -0.3 is 11.1 Å². The van der Waals surface area contributed by atoms with Crippen LogP contribution in [0.1, 0.15) is 46.0 Å². The number of primary amides is 1. The number of anilines is 1. The predicted octanol–water partition coefficient (Wildman–Crippen LogP) is 3.03. The van der Waals surface area contributed by atoms with Crippen molar-refractivity contribution >= 4 is 17.4 Å². The molecule has 4 N–H and O–H groups in total. The number of para-hydroxylation sites is 1. The molecule has 1 aromatic rings. The monoisotopic (exact) mass is 379 g/mol. The third-order valence-electron chi connectivity index (χ3n) is 7.02. The highest BCUT2D eigenvalue weighted by molar-refractivity contribution is 5.94. The van der Waals surface area contributed by atoms with E-state index in [-0.39, 0.29) is 17.4 Å². The van der Waals surface area contributed by atoms with Crippen molar-refractivity contribution in [3.63, 3.8) is 0 Å². The highest BCUT2D eigenvalue weighted by Gasteiger charge is 2.58. The van der Waals surface area contributed by atoms with Gasteiger partial charge in [-0.15, -0.1) is 0 Å². The quantitative estimate of drug-likeness (QED) is 0.317. The smallest absolute Gasteiger partial charge is 0.223 e. The molecule has 4 bridgehead atoms. The minimum atomic E-state index is -0.521. The molecule has 4 aliphatic carbocycles. The molecule has 148 valence electrons. The van der Waals surface area contributed by atoms with E-state index in [0.29, 0.717) is 23.6 Å². The minimum Gasteiger partial charge on any atom is -0.373 e. The zero-order valence-corrected chi connectivity index (χ0v) is 16.6. The Morgan fingerprint density at radius 1 is 1.21 bits per heavy atom. The summed E-state index contributed by atoms with van der Waals surface area (Å²) in [6.45, 7) is 4.06. The van der Waals surface area contributed by atoms with E-state index in [4.69, 9.17) is 10.7 Å². The van der Waals surface area contributed by atoms with E-state index in [0.717, 1.165) is 37.8 Å². The summed E-state index contributed by atoms with van der Waals surface area (Å²) < 4.78 is 0. The molecule has 1 aromatic carbocycles. The molecule has 1 amide bonds. The molecule has 6 heteroatoms. The van der Waals surface area contributed by atoms with Crippen LogP contribution in [0.5, 0.6) is 0 Å². The van der Waals surface area contributed by atoms with E-state index in [9.17, 15) is 10.1 Å². The number of rotatable bonds is 5. The van der Waals surface area contributed by atoms with Gasteiger partial charge in [0.15, 0.2) is 6.19 Å². The molecule has 0 spiro atoms. The van der Waals surface area contributed by atoms with Crippen LogP contribution in [-0.4, -0.2) is 23.3 Å². The number of benzene rings is 1. The van der Waals surface area contributed by atoms with Crippen LogP contribution in [0.2, 0.25) is 0 Å². The lowest BCUT2D eigenvalue weighted by Crippen LogP contribution is -2.58. The number of nitrogens with two attached hydrogens (primary N) is 1. The minimum absolute atomic E-state index is 0.129. The van der Waals surface area contributed by atoms with Gasteiger partial charge >= 0.3 is 0 Å². The number of carbonyl (C=O) groups is 1. The molecule has 0 saturated heterocycles. The predicted molar refractivity (Wildman–Crippen MR) is 109 cm³/mol. The molecule has 6 nitrogen and oxygen atoms in total. The second-order valence-electron chi connectivity index (χ2n) is 9.44. The van der Waals surface area contributed by atoms with Crippen molar-refractivity contribution in [3.05, 3.63) is 30.3 Å². The molecule has 0 aromatic heterocycles. The van der Waals surface area contributed by atoms with Crippen LogP contribution in [0.25, 0.3) is 0 Å². The Morgan fingerprint density at radius 3 is 2.43 bits per heavy atom. The number of carbonyl (C=O) groups excluding carboxylic acids is 1. The van der Waals surface area contributed by atoms with Crippen LogP contribution in [-0.2, 0) is 4.79 Å². The molecule has 2 atom stereocenters. The largest absolute Gasteiger partial charge is 0.373 e. The SMILES string of the molecule is CC(C)(Nc1ccccc1)C(=NC1C2CC3CC1CC(C(N)=O)(C3)C2)NC#N. The zero-order chi connectivity index (χ0) is 19.9. The van der Waals surface area contributed by atoms with Gasteiger partial charge in [-0.1, -0.05) is 18.2 Å². The van der Waals surface area contributed by atoms with Gasteiger partial charge in [-0.3, -0.25) is 15.1 Å². The summed E-state index contributed by atoms with van der Waals surface area (Å²) in [7, 11) is 0. The van der Waals surface area contributed by atoms with Gasteiger partial charge in [0.05, 0.1) is 11.6 Å². The first-order chi connectivity index (χ1) is 13.3. The van der Waals surface area contributed by atoms with Crippen molar-refractivity contribution < 1.29 is 4.79 Å². The maximum Gasteiger partial charge on any atom is 0.223 e. The van der Waals surface area contributed by atoms with Crippen LogP contribution < -0.4 is 16.4 Å². The second-order valence-corrected chi connectivity index (χ2v) is 9.44. The molecule has 0 radical (unpaired) electrons. The fourth-order valence-electron chi connectivity index (χ4n) is 6.00. The van der Waals surface area contributed by atoms with Crippen LogP contribution in [0, 0.1) is 34.6 Å². The van der Waals surface area contributed by atoms with Crippen molar-refractivity contribution in [1.82, 2.24) is 5.32 Å². The molecule has 4 aliphatic rings. The number of nitrogens with zero attached hydrogens (tertiary/aromatic N) is 2. The van der Waals surface area contributed by atoms with Crippen molar-refractivity contribution in [2.45, 2.75) is 57.5 Å². The van der Waals surface area contributed by atoms with Gasteiger partial charge in [0.2, 0.25) is 5.91 Å². The van der Waals surface area contributed by atoms with E-state index in [1.54, 1.807) is 0 Å². The lowest BCUT2D eigenvalue weighted by atomic mass is 9.48. The van der Waals surface area contributed by atoms with Gasteiger partial charge in [-0.2, -0.15) is 5.26 Å². The average Bonchev–Trinajstić information content (AvgIpc) is 2.63. The summed E-state index contributed by atoms with van der Waals surface area (Å²) in [5, 5.41) is 15.6. The van der Waals surface area contributed by atoms with Crippen molar-refractivity contribution in [2.75, 3.05) is 5.32 Å². The lowest BCUT2D eigenvalue weighted by Gasteiger charge is -2.58. The third-order valence-corrected chi connectivity index (χ3v) is 7.02. The standard InChI is InChI=1S/C22H29N5O/c1-21(2,27-17-6-4-3-5-7-17)20(25-13-23)26-18-15-8-14-9-16(18)12-22(10-14,11-15)19(24)28/h3-7,14-16,18,27H,8-12H2,1-2H3,(H2,24,28)(H,25,26). The Balaban J connectivity index is 1.60. The Kier molecular flexibility index (Phi) is 4.57. The summed E-state index contributed by atoms with van der Waals surface area (Å²) in [5.41, 5.74) is 5.95. The van der Waals surface area contributed by atoms with Crippen molar-refractivity contribution in [2.24, 2.45) is 33.9 Å². The van der Waals surface area contributed by atoms with Crippen molar-refractivity contribution in [3.8, 4) is 6.19 Å². The highest BCUT2D eigenvalue weighted by atomic mass is 16.1. The fourth-order valence-corrected chi connectivity index (χ4v) is 6.00. The van der Waals surface area contributed by atoms with Crippen LogP contribution in [0.3, 0.4) is 0 Å². The molecule has 5 rings (SSSR count). The summed E-state index contributed by atoms with van der Waals surface area (Å²) in [6, 6.07) is 10.1. The van der Waals surface area contributed by atoms with Gasteiger partial charge in [-0.05, 0) is 75.8 Å². The normalized spacial score (nSPS) is 34.0. The van der Waals surface area contributed by atoms with Gasteiger partial charge in [0, 0.05) is 11.1 Å². The van der Waals surface area contributed by atoms with Gasteiger partial charge in [0.1, 0.15) is 5.84 Å². The number of nitriles is 1. The first kappa shape index (κ1) is 18.8. The average molecular weight is 380 g/mol. The van der Waals surface area contributed by atoms with Crippen LogP contribution in [0.15, 0.2) is 35.3 Å². The van der Waals surface area contributed by atoms with E-state index >= 15 is 0 Å². The van der Waals surface area contributed by atoms with Gasteiger partial charge in [-0.25, -0.2) is 0 Å². The first-order valence-electron chi connectivity index (χ1n) is 10.2. The lowest BCUT2D eigenvalue weighted by molar-refractivity contribution is -0.144. The summed E-state index contributed by atoms with van der Waals surface area (Å²) >= 11 is 0. The Hall–Kier alpha value is -2.55. The van der Waals surface area contributed by atoms with Gasteiger partial charge in [0.25, 0.3) is 0 Å². The Labute approximate surface area is 166 Å². The van der Waals surface area contributed by atoms with Crippen LogP contribution >= 0.6 is 0 Å². The third kappa shape index (κ3) is 3.23.